The minimum atomic E-state index is -4.70. The van der Waals surface area contributed by atoms with Crippen molar-refractivity contribution >= 4 is 16.4 Å². The highest BCUT2D eigenvalue weighted by atomic mass is 32.3. The van der Waals surface area contributed by atoms with E-state index in [1.54, 1.807) is 0 Å². The van der Waals surface area contributed by atoms with Crippen LogP contribution in [0.15, 0.2) is 0 Å². The van der Waals surface area contributed by atoms with Gasteiger partial charge in [0, 0.05) is 5.26 Å². The van der Waals surface area contributed by atoms with E-state index < -0.39 is 47.1 Å². The number of aliphatic hydroxyl groups is 3. The maximum Gasteiger partial charge on any atom is 0.616 e. The number of carbonyl (C=O) groups is 1. The second-order valence-corrected chi connectivity index (χ2v) is 4.53. The Morgan fingerprint density at radius 3 is 2.28 bits per heavy atom. The predicted octanol–water partition coefficient (Wildman–Crippen LogP) is -3.08. The molecule has 1 heterocycles. The average Bonchev–Trinajstić information content (AvgIpc) is 2.29. The van der Waals surface area contributed by atoms with Gasteiger partial charge in [0.15, 0.2) is 18.5 Å². The van der Waals surface area contributed by atoms with Gasteiger partial charge in [-0.1, -0.05) is 0 Å². The molecule has 6 N–H and O–H groups in total. The number of hydrogen-bond donors (Lipinski definition) is 6. The van der Waals surface area contributed by atoms with Crippen LogP contribution >= 0.6 is 0 Å². The van der Waals surface area contributed by atoms with E-state index in [1.807, 2.05) is 0 Å². The van der Waals surface area contributed by atoms with E-state index in [0.29, 0.717) is 0 Å². The molecule has 1 rings (SSSR count). The van der Waals surface area contributed by atoms with Crippen LogP contribution in [-0.2, 0) is 28.1 Å². The van der Waals surface area contributed by atoms with Crippen LogP contribution in [0.25, 0.3) is 0 Å². The fourth-order valence-electron chi connectivity index (χ4n) is 1.32. The number of ether oxygens (including phenoxy) is 1. The third-order valence-electron chi connectivity index (χ3n) is 2.13. The first-order valence-corrected chi connectivity index (χ1v) is 5.76. The van der Waals surface area contributed by atoms with E-state index in [-0.39, 0.29) is 0 Å². The van der Waals surface area contributed by atoms with Crippen molar-refractivity contribution in [3.8, 4) is 0 Å². The largest absolute Gasteiger partial charge is 0.616 e. The summed E-state index contributed by atoms with van der Waals surface area (Å²) in [6.45, 7) is 0. The van der Waals surface area contributed by atoms with Gasteiger partial charge in [-0.05, 0) is 0 Å². The Balaban J connectivity index is 2.91. The zero-order valence-corrected chi connectivity index (χ0v) is 9.34. The van der Waals surface area contributed by atoms with Crippen molar-refractivity contribution in [3.63, 3.8) is 0 Å². The van der Waals surface area contributed by atoms with Crippen LogP contribution in [-0.4, -0.2) is 71.1 Å². The predicted molar refractivity (Wildman–Crippen MR) is 49.5 cm³/mol. The average molecular weight is 291 g/mol. The molecule has 1 unspecified atom stereocenters. The summed E-state index contributed by atoms with van der Waals surface area (Å²) in [4.78, 5) is 10.6. The molecule has 18 heavy (non-hydrogen) atoms. The molecule has 1 aliphatic heterocycles. The first-order chi connectivity index (χ1) is 8.19. The molecule has 1 fully saturated rings. The smallest absolute Gasteiger partial charge is 0.479 e. The van der Waals surface area contributed by atoms with Gasteiger partial charge < -0.3 is 25.2 Å². The quantitative estimate of drug-likeness (QED) is 0.135. The molecule has 1 aliphatic rings. The minimum absolute atomic E-state index is 1.66. The molecule has 0 bridgehead atoms. The van der Waals surface area contributed by atoms with Crippen molar-refractivity contribution in [1.82, 2.24) is 0 Å². The first kappa shape index (κ1) is 15.2. The summed E-state index contributed by atoms with van der Waals surface area (Å²) in [6, 6.07) is 0. The fraction of sp³-hybridized carbons (Fsp3) is 0.833. The summed E-state index contributed by atoms with van der Waals surface area (Å²) in [5, 5.41) is 44.6. The Hall–Kier alpha value is -0.860. The van der Waals surface area contributed by atoms with Crippen molar-refractivity contribution in [2.75, 3.05) is 0 Å². The molecule has 0 amide bonds. The fourth-order valence-corrected chi connectivity index (χ4v) is 1.84. The number of hydrogen-bond acceptors (Lipinski definition) is 7. The number of aliphatic hydroxyl groups excluding tert-OH is 3. The van der Waals surface area contributed by atoms with Gasteiger partial charge in [-0.15, -0.1) is 4.21 Å². The van der Waals surface area contributed by atoms with Gasteiger partial charge in [0.2, 0.25) is 0 Å². The van der Waals surface area contributed by atoms with Crippen LogP contribution in [0.2, 0.25) is 0 Å². The molecule has 106 valence electrons. The molecule has 0 spiro atoms. The zero-order chi connectivity index (χ0) is 14.1. The molecule has 0 aliphatic carbocycles. The molecular weight excluding hydrogens is 280 g/mol. The Morgan fingerprint density at radius 1 is 1.28 bits per heavy atom. The topological polar surface area (TPSA) is 185 Å². The van der Waals surface area contributed by atoms with E-state index in [1.165, 1.54) is 0 Å². The van der Waals surface area contributed by atoms with Crippen molar-refractivity contribution in [2.45, 2.75) is 30.7 Å². The van der Waals surface area contributed by atoms with Crippen LogP contribution in [0.5, 0.6) is 0 Å². The Kier molecular flexibility index (Phi) is 4.57. The maximum atomic E-state index is 10.8. The summed E-state index contributed by atoms with van der Waals surface area (Å²) in [5.74, 6) is -1.66. The van der Waals surface area contributed by atoms with Gasteiger partial charge in [0.1, 0.15) is 12.2 Å². The lowest BCUT2D eigenvalue weighted by molar-refractivity contribution is -0.308. The van der Waals surface area contributed by atoms with E-state index in [9.17, 15) is 24.3 Å². The summed E-state index contributed by atoms with van der Waals surface area (Å²) in [5.41, 5.74) is 0. The van der Waals surface area contributed by atoms with Gasteiger partial charge >= 0.3 is 16.4 Å². The summed E-state index contributed by atoms with van der Waals surface area (Å²) in [6.07, 6.45) is -10.2. The lowest BCUT2D eigenvalue weighted by Gasteiger charge is -2.36. The van der Waals surface area contributed by atoms with E-state index in [0.717, 1.165) is 0 Å². The Labute approximate surface area is 100 Å². The van der Waals surface area contributed by atoms with E-state index >= 15 is 0 Å². The van der Waals surface area contributed by atoms with Crippen LogP contribution in [0.4, 0.5) is 0 Å². The maximum absolute atomic E-state index is 10.8. The van der Waals surface area contributed by atoms with Crippen molar-refractivity contribution in [2.24, 2.45) is 0 Å². The van der Waals surface area contributed by atoms with E-state index in [2.05, 4.69) is 12.9 Å². The van der Waals surface area contributed by atoms with Crippen LogP contribution in [0.1, 0.15) is 0 Å². The number of aliphatic carboxylic acids is 1. The van der Waals surface area contributed by atoms with Crippen molar-refractivity contribution in [1.29, 1.82) is 0 Å². The second kappa shape index (κ2) is 5.41. The molecule has 0 aromatic heterocycles. The standard InChI is InChI=1S/C6H10O11S/c7-1-2(8)4(16-18(13,14)17-12)6(11)15-3(1)5(9)10/h1-4,6-8,11-12H,(H-,9,10,13,14)/p+1/t1-,2+,3-,4-,6-/m1/s1. The SMILES string of the molecule is O=C(O)[C@@H]1O[C@@H](O)[C@H](OS(=O)(O)=[O+]O)[C@@H](O)[C@H]1O. The molecule has 6 atom stereocenters. The van der Waals surface area contributed by atoms with Crippen LogP contribution in [0, 0.1) is 0 Å². The minimum Gasteiger partial charge on any atom is -0.479 e. The Bertz CT molecular complexity index is 425. The molecule has 11 nitrogen and oxygen atoms in total. The van der Waals surface area contributed by atoms with Crippen LogP contribution < -0.4 is 0 Å². The summed E-state index contributed by atoms with van der Waals surface area (Å²) < 4.78 is 31.0. The van der Waals surface area contributed by atoms with Gasteiger partial charge in [-0.25, -0.2) is 9.35 Å². The first-order valence-electron chi connectivity index (χ1n) is 4.40. The van der Waals surface area contributed by atoms with Gasteiger partial charge in [0.25, 0.3) is 0 Å². The van der Waals surface area contributed by atoms with Crippen molar-refractivity contribution in [3.05, 3.63) is 0 Å². The van der Waals surface area contributed by atoms with Crippen molar-refractivity contribution < 1.29 is 52.1 Å². The van der Waals surface area contributed by atoms with Gasteiger partial charge in [-0.2, -0.15) is 4.18 Å². The normalized spacial score (nSPS) is 39.9. The zero-order valence-electron chi connectivity index (χ0n) is 8.52. The monoisotopic (exact) mass is 291 g/mol. The van der Waals surface area contributed by atoms with Gasteiger partial charge in [-0.3, -0.25) is 0 Å². The number of carboxylic acid groups (broad SMARTS) is 1. The third kappa shape index (κ3) is 3.12. The highest BCUT2D eigenvalue weighted by molar-refractivity contribution is 7.81. The molecular formula is C6H11O11S+. The second-order valence-electron chi connectivity index (χ2n) is 3.33. The van der Waals surface area contributed by atoms with E-state index in [4.69, 9.17) is 14.9 Å². The molecule has 0 aromatic carbocycles. The summed E-state index contributed by atoms with van der Waals surface area (Å²) >= 11 is 0. The highest BCUT2D eigenvalue weighted by Gasteiger charge is 2.50. The van der Waals surface area contributed by atoms with Gasteiger partial charge in [0.05, 0.1) is 3.99 Å². The molecule has 12 heteroatoms. The third-order valence-corrected chi connectivity index (χ3v) is 2.79. The molecule has 0 saturated carbocycles. The van der Waals surface area contributed by atoms with Crippen LogP contribution in [0.3, 0.4) is 0 Å². The number of carboxylic acids is 1. The molecule has 0 radical (unpaired) electrons. The molecule has 1 saturated heterocycles. The number of rotatable bonds is 3. The lowest BCUT2D eigenvalue weighted by atomic mass is 9.99. The summed E-state index contributed by atoms with van der Waals surface area (Å²) in [7, 11) is -4.70. The molecule has 0 aromatic rings. The highest BCUT2D eigenvalue weighted by Crippen LogP contribution is 2.23. The Morgan fingerprint density at radius 2 is 1.83 bits per heavy atom. The lowest BCUT2D eigenvalue weighted by Crippen LogP contribution is -2.60.